The second-order valence-corrected chi connectivity index (χ2v) is 7.12. The summed E-state index contributed by atoms with van der Waals surface area (Å²) in [4.78, 5) is 4.92. The van der Waals surface area contributed by atoms with Crippen LogP contribution in [0, 0.1) is 5.41 Å². The van der Waals surface area contributed by atoms with Crippen LogP contribution in [0.25, 0.3) is 0 Å². The van der Waals surface area contributed by atoms with E-state index in [2.05, 4.69) is 63.2 Å². The minimum Gasteiger partial charge on any atom is -0.396 e. The molecule has 0 aromatic carbocycles. The third kappa shape index (κ3) is 7.16. The number of allylic oxidation sites excluding steroid dienone is 10. The Labute approximate surface area is 148 Å². The van der Waals surface area contributed by atoms with Gasteiger partial charge in [-0.05, 0) is 69.6 Å². The standard InChI is InChI=1S/C22H33NO/c1-7-24-23-17-15-19(3)11-8-10-18(2)13-14-21-20(4)12-9-16-22(21,5)6/h8,10-11,13-15,17H,7,9,12,16H2,1-6H3. The van der Waals surface area contributed by atoms with E-state index < -0.39 is 0 Å². The van der Waals surface area contributed by atoms with Crippen molar-refractivity contribution in [2.45, 2.75) is 60.8 Å². The summed E-state index contributed by atoms with van der Waals surface area (Å²) in [6, 6.07) is 0. The molecule has 0 aliphatic heterocycles. The van der Waals surface area contributed by atoms with Gasteiger partial charge in [-0.15, -0.1) is 0 Å². The second-order valence-electron chi connectivity index (χ2n) is 7.12. The van der Waals surface area contributed by atoms with Crippen molar-refractivity contribution in [2.75, 3.05) is 6.61 Å². The molecule has 1 aliphatic carbocycles. The van der Waals surface area contributed by atoms with Crippen LogP contribution in [-0.2, 0) is 4.84 Å². The zero-order valence-corrected chi connectivity index (χ0v) is 16.2. The van der Waals surface area contributed by atoms with Crippen molar-refractivity contribution in [2.24, 2.45) is 10.6 Å². The summed E-state index contributed by atoms with van der Waals surface area (Å²) in [5, 5.41) is 3.81. The van der Waals surface area contributed by atoms with Crippen molar-refractivity contribution in [1.82, 2.24) is 0 Å². The van der Waals surface area contributed by atoms with Gasteiger partial charge in [-0.3, -0.25) is 0 Å². The Morgan fingerprint density at radius 3 is 2.54 bits per heavy atom. The molecule has 2 nitrogen and oxygen atoms in total. The highest BCUT2D eigenvalue weighted by atomic mass is 16.6. The van der Waals surface area contributed by atoms with Gasteiger partial charge in [-0.25, -0.2) is 0 Å². The Bertz CT molecular complexity index is 583. The van der Waals surface area contributed by atoms with Gasteiger partial charge in [0, 0.05) is 0 Å². The zero-order valence-electron chi connectivity index (χ0n) is 16.2. The van der Waals surface area contributed by atoms with E-state index in [0.29, 0.717) is 12.0 Å². The molecule has 0 bridgehead atoms. The summed E-state index contributed by atoms with van der Waals surface area (Å²) < 4.78 is 0. The van der Waals surface area contributed by atoms with Gasteiger partial charge < -0.3 is 4.84 Å². The molecule has 0 fully saturated rings. The normalized spacial score (nSPS) is 19.9. The van der Waals surface area contributed by atoms with Crippen LogP contribution < -0.4 is 0 Å². The maximum absolute atomic E-state index is 4.92. The van der Waals surface area contributed by atoms with E-state index >= 15 is 0 Å². The van der Waals surface area contributed by atoms with Crippen LogP contribution in [0.5, 0.6) is 0 Å². The van der Waals surface area contributed by atoms with E-state index in [9.17, 15) is 0 Å². The molecule has 0 heterocycles. The molecule has 0 amide bonds. The highest BCUT2D eigenvalue weighted by Crippen LogP contribution is 2.40. The van der Waals surface area contributed by atoms with Crippen LogP contribution in [0.1, 0.15) is 60.8 Å². The van der Waals surface area contributed by atoms with Gasteiger partial charge in [0.2, 0.25) is 0 Å². The first-order valence-electron chi connectivity index (χ1n) is 8.92. The van der Waals surface area contributed by atoms with E-state index in [1.165, 1.54) is 30.4 Å². The van der Waals surface area contributed by atoms with Crippen LogP contribution in [0.15, 0.2) is 63.9 Å². The van der Waals surface area contributed by atoms with Crippen molar-refractivity contribution < 1.29 is 4.84 Å². The number of oxime groups is 1. The fourth-order valence-electron chi connectivity index (χ4n) is 2.95. The van der Waals surface area contributed by atoms with E-state index in [4.69, 9.17) is 4.84 Å². The number of hydrogen-bond acceptors (Lipinski definition) is 2. The van der Waals surface area contributed by atoms with Crippen molar-refractivity contribution in [3.8, 4) is 0 Å². The Morgan fingerprint density at radius 2 is 1.88 bits per heavy atom. The third-order valence-corrected chi connectivity index (χ3v) is 4.38. The number of hydrogen-bond donors (Lipinski definition) is 0. The molecule has 0 N–H and O–H groups in total. The number of rotatable bonds is 7. The summed E-state index contributed by atoms with van der Waals surface area (Å²) in [6.07, 6.45) is 18.3. The molecule has 0 saturated carbocycles. The van der Waals surface area contributed by atoms with Crippen molar-refractivity contribution in [3.63, 3.8) is 0 Å². The van der Waals surface area contributed by atoms with E-state index in [-0.39, 0.29) is 0 Å². The molecular weight excluding hydrogens is 294 g/mol. The van der Waals surface area contributed by atoms with Gasteiger partial charge in [0.25, 0.3) is 0 Å². The fourth-order valence-corrected chi connectivity index (χ4v) is 2.95. The molecule has 1 aliphatic rings. The lowest BCUT2D eigenvalue weighted by Crippen LogP contribution is -2.19. The van der Waals surface area contributed by atoms with Crippen LogP contribution >= 0.6 is 0 Å². The van der Waals surface area contributed by atoms with Crippen LogP contribution in [0.2, 0.25) is 0 Å². The highest BCUT2D eigenvalue weighted by molar-refractivity contribution is 5.72. The Morgan fingerprint density at radius 1 is 1.17 bits per heavy atom. The largest absolute Gasteiger partial charge is 0.396 e. The summed E-state index contributed by atoms with van der Waals surface area (Å²) >= 11 is 0. The van der Waals surface area contributed by atoms with E-state index in [1.54, 1.807) is 11.8 Å². The summed E-state index contributed by atoms with van der Waals surface area (Å²) in [5.74, 6) is 0. The van der Waals surface area contributed by atoms with E-state index in [1.807, 2.05) is 19.9 Å². The first-order valence-corrected chi connectivity index (χ1v) is 8.92. The minimum atomic E-state index is 0.300. The third-order valence-electron chi connectivity index (χ3n) is 4.38. The Hall–Kier alpha value is -1.83. The predicted octanol–water partition coefficient (Wildman–Crippen LogP) is 6.54. The molecule has 0 atom stereocenters. The molecule has 1 rings (SSSR count). The van der Waals surface area contributed by atoms with Gasteiger partial charge >= 0.3 is 0 Å². The molecular formula is C22H33NO. The highest BCUT2D eigenvalue weighted by Gasteiger charge is 2.26. The fraction of sp³-hybridized carbons (Fsp3) is 0.500. The summed E-state index contributed by atoms with van der Waals surface area (Å²) in [7, 11) is 0. The molecule has 0 aromatic rings. The van der Waals surface area contributed by atoms with E-state index in [0.717, 1.165) is 5.57 Å². The summed E-state index contributed by atoms with van der Waals surface area (Å²) in [5.41, 5.74) is 5.74. The average Bonchev–Trinajstić information content (AvgIpc) is 2.50. The van der Waals surface area contributed by atoms with Crippen molar-refractivity contribution in [3.05, 3.63) is 58.7 Å². The van der Waals surface area contributed by atoms with Crippen molar-refractivity contribution >= 4 is 6.21 Å². The second kappa shape index (κ2) is 10.1. The first-order chi connectivity index (χ1) is 11.4. The lowest BCUT2D eigenvalue weighted by atomic mass is 9.72. The molecule has 0 spiro atoms. The van der Waals surface area contributed by atoms with Gasteiger partial charge in [0.1, 0.15) is 6.61 Å². The predicted molar refractivity (Wildman–Crippen MR) is 106 cm³/mol. The van der Waals surface area contributed by atoms with Crippen LogP contribution in [-0.4, -0.2) is 12.8 Å². The monoisotopic (exact) mass is 327 g/mol. The van der Waals surface area contributed by atoms with Gasteiger partial charge in [-0.1, -0.05) is 60.5 Å². The number of nitrogens with zero attached hydrogens (tertiary/aromatic N) is 1. The smallest absolute Gasteiger partial charge is 0.114 e. The molecule has 0 aromatic heterocycles. The van der Waals surface area contributed by atoms with Gasteiger partial charge in [0.05, 0.1) is 6.21 Å². The maximum Gasteiger partial charge on any atom is 0.114 e. The lowest BCUT2D eigenvalue weighted by molar-refractivity contribution is 0.160. The molecule has 0 saturated heterocycles. The zero-order chi connectivity index (χ0) is 18.0. The van der Waals surface area contributed by atoms with Gasteiger partial charge in [-0.2, -0.15) is 0 Å². The summed E-state index contributed by atoms with van der Waals surface area (Å²) in [6.45, 7) is 13.7. The first kappa shape index (κ1) is 20.2. The Kier molecular flexibility index (Phi) is 8.53. The molecule has 2 heteroatoms. The van der Waals surface area contributed by atoms with Crippen molar-refractivity contribution in [1.29, 1.82) is 0 Å². The van der Waals surface area contributed by atoms with Crippen LogP contribution in [0.4, 0.5) is 0 Å². The van der Waals surface area contributed by atoms with Crippen LogP contribution in [0.3, 0.4) is 0 Å². The lowest BCUT2D eigenvalue weighted by Gasteiger charge is -2.32. The average molecular weight is 328 g/mol. The molecule has 0 radical (unpaired) electrons. The minimum absolute atomic E-state index is 0.300. The topological polar surface area (TPSA) is 21.6 Å². The quantitative estimate of drug-likeness (QED) is 0.295. The molecule has 24 heavy (non-hydrogen) atoms. The van der Waals surface area contributed by atoms with Gasteiger partial charge in [0.15, 0.2) is 0 Å². The SMILES string of the molecule is CCON=CC=C(C)C=CC=C(C)C=CC1=C(C)CCCC1(C)C. The maximum atomic E-state index is 4.92. The Balaban J connectivity index is 2.68. The molecule has 0 unspecified atom stereocenters. The molecule has 132 valence electrons.